The van der Waals surface area contributed by atoms with Crippen molar-refractivity contribution < 1.29 is 14.5 Å². The first kappa shape index (κ1) is 19.8. The van der Waals surface area contributed by atoms with Crippen LogP contribution in [0.4, 0.5) is 5.69 Å². The summed E-state index contributed by atoms with van der Waals surface area (Å²) in [5.74, 6) is 1.35. The Hall–Kier alpha value is -4.54. The summed E-state index contributed by atoms with van der Waals surface area (Å²) >= 11 is 0. The molecule has 156 valence electrons. The number of nitro groups is 1. The lowest BCUT2D eigenvalue weighted by Gasteiger charge is -2.02. The Bertz CT molecular complexity index is 1210. The first-order valence-corrected chi connectivity index (χ1v) is 9.18. The van der Waals surface area contributed by atoms with Crippen LogP contribution >= 0.6 is 0 Å². The topological polar surface area (TPSA) is 141 Å². The number of hydrogen-bond acceptors (Lipinski definition) is 7. The predicted molar refractivity (Wildman–Crippen MR) is 110 cm³/mol. The molecule has 0 spiro atoms. The number of nitrogens with zero attached hydrogens (tertiary/aromatic N) is 5. The van der Waals surface area contributed by atoms with Gasteiger partial charge in [0.1, 0.15) is 11.6 Å². The number of H-pyrrole nitrogens is 1. The van der Waals surface area contributed by atoms with Crippen LogP contribution < -0.4 is 10.1 Å². The number of rotatable bonds is 7. The molecule has 11 heteroatoms. The quantitative estimate of drug-likeness (QED) is 0.346. The molecule has 2 heterocycles. The minimum Gasteiger partial charge on any atom is -0.497 e. The lowest BCUT2D eigenvalue weighted by molar-refractivity contribution is -0.384. The van der Waals surface area contributed by atoms with Crippen molar-refractivity contribution in [2.75, 3.05) is 7.11 Å². The van der Waals surface area contributed by atoms with Gasteiger partial charge in [0.15, 0.2) is 11.5 Å². The van der Waals surface area contributed by atoms with Crippen LogP contribution in [0, 0.1) is 10.1 Å². The van der Waals surface area contributed by atoms with Crippen molar-refractivity contribution in [3.05, 3.63) is 82.4 Å². The smallest absolute Gasteiger partial charge is 0.272 e. The van der Waals surface area contributed by atoms with Gasteiger partial charge < -0.3 is 10.1 Å². The summed E-state index contributed by atoms with van der Waals surface area (Å²) in [6.45, 7) is 0.145. The number of hydrogen-bond donors (Lipinski definition) is 2. The van der Waals surface area contributed by atoms with Crippen LogP contribution in [0.2, 0.25) is 0 Å². The van der Waals surface area contributed by atoms with Gasteiger partial charge in [0, 0.05) is 23.9 Å². The highest BCUT2D eigenvalue weighted by Gasteiger charge is 2.13. The summed E-state index contributed by atoms with van der Waals surface area (Å²) in [6.07, 6.45) is 1.60. The largest absolute Gasteiger partial charge is 0.497 e. The zero-order valence-corrected chi connectivity index (χ0v) is 16.3. The predicted octanol–water partition coefficient (Wildman–Crippen LogP) is 2.50. The van der Waals surface area contributed by atoms with Crippen molar-refractivity contribution in [3.63, 3.8) is 0 Å². The molecule has 0 radical (unpaired) electrons. The summed E-state index contributed by atoms with van der Waals surface area (Å²) in [4.78, 5) is 27.1. The van der Waals surface area contributed by atoms with Crippen LogP contribution in [0.1, 0.15) is 16.3 Å². The van der Waals surface area contributed by atoms with Crippen molar-refractivity contribution in [2.24, 2.45) is 0 Å². The lowest BCUT2D eigenvalue weighted by Crippen LogP contribution is -2.24. The van der Waals surface area contributed by atoms with E-state index in [-0.39, 0.29) is 23.8 Å². The molecule has 0 saturated heterocycles. The van der Waals surface area contributed by atoms with Gasteiger partial charge in [0.25, 0.3) is 11.6 Å². The van der Waals surface area contributed by atoms with E-state index in [4.69, 9.17) is 4.74 Å². The fourth-order valence-electron chi connectivity index (χ4n) is 2.81. The minimum absolute atomic E-state index is 0.0186. The normalized spacial score (nSPS) is 10.6. The molecule has 0 aliphatic heterocycles. The number of aromatic amines is 1. The first-order valence-electron chi connectivity index (χ1n) is 9.18. The fraction of sp³-hybridized carbons (Fsp3) is 0.100. The Labute approximate surface area is 175 Å². The van der Waals surface area contributed by atoms with Gasteiger partial charge in [-0.15, -0.1) is 0 Å². The van der Waals surface area contributed by atoms with Gasteiger partial charge in [-0.3, -0.25) is 20.0 Å². The lowest BCUT2D eigenvalue weighted by atomic mass is 10.2. The van der Waals surface area contributed by atoms with Crippen LogP contribution in [0.3, 0.4) is 0 Å². The Kier molecular flexibility index (Phi) is 5.39. The van der Waals surface area contributed by atoms with E-state index in [0.29, 0.717) is 17.3 Å². The van der Waals surface area contributed by atoms with E-state index in [2.05, 4.69) is 25.6 Å². The van der Waals surface area contributed by atoms with Gasteiger partial charge in [-0.25, -0.2) is 9.67 Å². The standard InChI is InChI=1S/C20H17N7O4/c1-31-16-8-2-13(3-9-16)19-22-18(23-24-19)12-21-20(28)17-10-11-26(25-17)14-4-6-15(7-5-14)27(29)30/h2-11H,12H2,1H3,(H,21,28)(H,22,23,24). The summed E-state index contributed by atoms with van der Waals surface area (Å²) < 4.78 is 6.60. The van der Waals surface area contributed by atoms with Crippen molar-refractivity contribution >= 4 is 11.6 Å². The molecule has 4 aromatic rings. The third-order valence-corrected chi connectivity index (χ3v) is 4.44. The molecular formula is C20H17N7O4. The van der Waals surface area contributed by atoms with E-state index in [1.165, 1.54) is 16.8 Å². The number of amides is 1. The van der Waals surface area contributed by atoms with E-state index in [1.807, 2.05) is 24.3 Å². The molecular weight excluding hydrogens is 402 g/mol. The average Bonchev–Trinajstić information content (AvgIpc) is 3.48. The summed E-state index contributed by atoms with van der Waals surface area (Å²) in [5, 5.41) is 24.7. The second-order valence-corrected chi connectivity index (χ2v) is 6.44. The molecule has 0 bridgehead atoms. The molecule has 11 nitrogen and oxygen atoms in total. The Morgan fingerprint density at radius 1 is 1.16 bits per heavy atom. The minimum atomic E-state index is -0.477. The number of carbonyl (C=O) groups is 1. The molecule has 31 heavy (non-hydrogen) atoms. The van der Waals surface area contributed by atoms with Gasteiger partial charge in [-0.05, 0) is 42.5 Å². The van der Waals surface area contributed by atoms with Crippen LogP contribution in [0.5, 0.6) is 5.75 Å². The van der Waals surface area contributed by atoms with E-state index < -0.39 is 4.92 Å². The van der Waals surface area contributed by atoms with Crippen molar-refractivity contribution in [1.29, 1.82) is 0 Å². The van der Waals surface area contributed by atoms with Gasteiger partial charge in [0.05, 0.1) is 24.3 Å². The zero-order chi connectivity index (χ0) is 21.8. The van der Waals surface area contributed by atoms with E-state index in [0.717, 1.165) is 11.3 Å². The third-order valence-electron chi connectivity index (χ3n) is 4.44. The van der Waals surface area contributed by atoms with Gasteiger partial charge >= 0.3 is 0 Å². The second-order valence-electron chi connectivity index (χ2n) is 6.44. The summed E-state index contributed by atoms with van der Waals surface area (Å²) in [7, 11) is 1.59. The maximum absolute atomic E-state index is 12.4. The number of methoxy groups -OCH3 is 1. The summed E-state index contributed by atoms with van der Waals surface area (Å²) in [5.41, 5.74) is 1.60. The molecule has 2 N–H and O–H groups in total. The number of nitro benzene ring substituents is 1. The highest BCUT2D eigenvalue weighted by atomic mass is 16.6. The molecule has 0 saturated carbocycles. The monoisotopic (exact) mass is 419 g/mol. The molecule has 0 aliphatic rings. The molecule has 0 unspecified atom stereocenters. The number of aromatic nitrogens is 5. The Morgan fingerprint density at radius 2 is 1.90 bits per heavy atom. The van der Waals surface area contributed by atoms with Crippen LogP contribution in [-0.2, 0) is 6.54 Å². The zero-order valence-electron chi connectivity index (χ0n) is 16.3. The number of carbonyl (C=O) groups excluding carboxylic acids is 1. The van der Waals surface area contributed by atoms with Crippen LogP contribution in [0.15, 0.2) is 60.8 Å². The Morgan fingerprint density at radius 3 is 2.58 bits per heavy atom. The molecule has 2 aromatic heterocycles. The number of benzene rings is 2. The maximum atomic E-state index is 12.4. The highest BCUT2D eigenvalue weighted by Crippen LogP contribution is 2.19. The Balaban J connectivity index is 1.38. The van der Waals surface area contributed by atoms with Gasteiger partial charge in [-0.2, -0.15) is 10.2 Å². The van der Waals surface area contributed by atoms with Crippen molar-refractivity contribution in [3.8, 4) is 22.8 Å². The molecule has 0 fully saturated rings. The van der Waals surface area contributed by atoms with Crippen molar-refractivity contribution in [1.82, 2.24) is 30.3 Å². The second kappa shape index (κ2) is 8.45. The van der Waals surface area contributed by atoms with E-state index in [9.17, 15) is 14.9 Å². The van der Waals surface area contributed by atoms with Crippen molar-refractivity contribution in [2.45, 2.75) is 6.54 Å². The SMILES string of the molecule is COc1ccc(-c2n[nH]c(CNC(=O)c3ccn(-c4ccc([N+](=O)[O-])cc4)n3)n2)cc1. The van der Waals surface area contributed by atoms with Crippen LogP contribution in [0.25, 0.3) is 17.1 Å². The summed E-state index contributed by atoms with van der Waals surface area (Å²) in [6, 6.07) is 14.7. The maximum Gasteiger partial charge on any atom is 0.272 e. The first-order chi connectivity index (χ1) is 15.0. The highest BCUT2D eigenvalue weighted by molar-refractivity contribution is 5.92. The van der Waals surface area contributed by atoms with E-state index >= 15 is 0 Å². The van der Waals surface area contributed by atoms with E-state index in [1.54, 1.807) is 31.5 Å². The number of non-ortho nitro benzene ring substituents is 1. The molecule has 0 atom stereocenters. The molecule has 2 aromatic carbocycles. The number of ether oxygens (including phenoxy) is 1. The van der Waals surface area contributed by atoms with Crippen LogP contribution in [-0.4, -0.2) is 42.9 Å². The molecule has 4 rings (SSSR count). The fourth-order valence-corrected chi connectivity index (χ4v) is 2.81. The third kappa shape index (κ3) is 4.40. The molecule has 0 aliphatic carbocycles. The average molecular weight is 419 g/mol. The van der Waals surface area contributed by atoms with Gasteiger partial charge in [0.2, 0.25) is 0 Å². The molecule has 1 amide bonds. The number of nitrogens with one attached hydrogen (secondary N) is 2. The van der Waals surface area contributed by atoms with Gasteiger partial charge in [-0.1, -0.05) is 0 Å².